The van der Waals surface area contributed by atoms with Crippen molar-refractivity contribution in [3.8, 4) is 0 Å². The second kappa shape index (κ2) is 11.6. The predicted octanol–water partition coefficient (Wildman–Crippen LogP) is 2.06. The van der Waals surface area contributed by atoms with Gasteiger partial charge in [0, 0.05) is 18.4 Å². The molecule has 0 radical (unpaired) electrons. The highest BCUT2D eigenvalue weighted by Gasteiger charge is 2.19. The summed E-state index contributed by atoms with van der Waals surface area (Å²) < 4.78 is 11.2. The lowest BCUT2D eigenvalue weighted by molar-refractivity contribution is -0.143. The number of fused-ring (bicyclic) bond motifs is 1. The summed E-state index contributed by atoms with van der Waals surface area (Å²) in [5.41, 5.74) is 0.477. The Morgan fingerprint density at radius 2 is 1.67 bits per heavy atom. The van der Waals surface area contributed by atoms with Crippen LogP contribution in [0, 0.1) is 0 Å². The number of hydrogen-bond donors (Lipinski definition) is 1. The molecular weight excluding hydrogens is 426 g/mol. The van der Waals surface area contributed by atoms with E-state index in [1.165, 1.54) is 4.68 Å². The number of nitrogens with zero attached hydrogens (tertiary/aromatic N) is 2. The van der Waals surface area contributed by atoms with E-state index in [1.807, 2.05) is 30.3 Å². The monoisotopic (exact) mass is 451 g/mol. The van der Waals surface area contributed by atoms with E-state index in [2.05, 4.69) is 10.4 Å². The Hall–Kier alpha value is -4.01. The van der Waals surface area contributed by atoms with Crippen LogP contribution in [-0.4, -0.2) is 47.4 Å². The molecule has 0 saturated carbocycles. The van der Waals surface area contributed by atoms with Crippen LogP contribution in [0.2, 0.25) is 0 Å². The summed E-state index contributed by atoms with van der Waals surface area (Å²) in [5.74, 6) is -1.65. The van der Waals surface area contributed by atoms with E-state index in [9.17, 15) is 19.2 Å². The minimum Gasteiger partial charge on any atom is -0.466 e. The number of amides is 1. The van der Waals surface area contributed by atoms with E-state index in [1.54, 1.807) is 31.2 Å². The van der Waals surface area contributed by atoms with Crippen molar-refractivity contribution in [1.82, 2.24) is 15.1 Å². The molecule has 1 amide bonds. The highest BCUT2D eigenvalue weighted by atomic mass is 16.5. The topological polar surface area (TPSA) is 117 Å². The summed E-state index contributed by atoms with van der Waals surface area (Å²) in [4.78, 5) is 48.9. The molecule has 3 aromatic rings. The third-order valence-electron chi connectivity index (χ3n) is 4.76. The van der Waals surface area contributed by atoms with Crippen LogP contribution >= 0.6 is 0 Å². The van der Waals surface area contributed by atoms with Gasteiger partial charge in [0.05, 0.1) is 18.5 Å². The summed E-state index contributed by atoms with van der Waals surface area (Å²) in [6, 6.07) is 15.9. The van der Waals surface area contributed by atoms with Crippen molar-refractivity contribution in [3.63, 3.8) is 0 Å². The third kappa shape index (κ3) is 6.49. The summed E-state index contributed by atoms with van der Waals surface area (Å²) in [6.07, 6.45) is 0.599. The van der Waals surface area contributed by atoms with E-state index in [-0.39, 0.29) is 36.7 Å². The Labute approximate surface area is 190 Å². The molecule has 172 valence electrons. The molecule has 9 heteroatoms. The minimum absolute atomic E-state index is 0.0451. The van der Waals surface area contributed by atoms with Crippen molar-refractivity contribution < 1.29 is 23.9 Å². The molecule has 0 fully saturated rings. The molecule has 33 heavy (non-hydrogen) atoms. The van der Waals surface area contributed by atoms with Gasteiger partial charge in [-0.05, 0) is 25.0 Å². The lowest BCUT2D eigenvalue weighted by Gasteiger charge is -2.11. The normalized spacial score (nSPS) is 10.6. The average molecular weight is 451 g/mol. The van der Waals surface area contributed by atoms with Crippen LogP contribution in [0.5, 0.6) is 0 Å². The average Bonchev–Trinajstić information content (AvgIpc) is 2.83. The largest absolute Gasteiger partial charge is 0.466 e. The van der Waals surface area contributed by atoms with Gasteiger partial charge in [0.15, 0.2) is 12.3 Å². The summed E-state index contributed by atoms with van der Waals surface area (Å²) in [5, 5.41) is 7.50. The summed E-state index contributed by atoms with van der Waals surface area (Å²) in [7, 11) is 0. The molecule has 0 spiro atoms. The van der Waals surface area contributed by atoms with Gasteiger partial charge >= 0.3 is 11.9 Å². The van der Waals surface area contributed by atoms with E-state index >= 15 is 0 Å². The van der Waals surface area contributed by atoms with Gasteiger partial charge in [-0.3, -0.25) is 14.4 Å². The molecule has 0 aliphatic heterocycles. The lowest BCUT2D eigenvalue weighted by atomic mass is 10.1. The molecule has 0 bridgehead atoms. The molecule has 0 atom stereocenters. The fraction of sp³-hybridized carbons (Fsp3) is 0.292. The quantitative estimate of drug-likeness (QED) is 0.370. The van der Waals surface area contributed by atoms with Crippen LogP contribution in [0.1, 0.15) is 35.8 Å². The Bertz CT molecular complexity index is 1190. The fourth-order valence-electron chi connectivity index (χ4n) is 3.19. The van der Waals surface area contributed by atoms with Crippen LogP contribution in [0.4, 0.5) is 0 Å². The smallest absolute Gasteiger partial charge is 0.359 e. The van der Waals surface area contributed by atoms with Crippen molar-refractivity contribution in [1.29, 1.82) is 0 Å². The van der Waals surface area contributed by atoms with Gasteiger partial charge in [-0.15, -0.1) is 0 Å². The maximum atomic E-state index is 12.9. The zero-order valence-corrected chi connectivity index (χ0v) is 18.3. The van der Waals surface area contributed by atoms with Gasteiger partial charge in [0.25, 0.3) is 11.5 Å². The van der Waals surface area contributed by atoms with E-state index in [0.717, 1.165) is 5.56 Å². The summed E-state index contributed by atoms with van der Waals surface area (Å²) in [6.45, 7) is 1.96. The number of ether oxygens (including phenoxy) is 2. The van der Waals surface area contributed by atoms with Crippen LogP contribution in [-0.2, 0) is 25.6 Å². The second-order valence-electron chi connectivity index (χ2n) is 7.18. The molecule has 2 aromatic carbocycles. The van der Waals surface area contributed by atoms with Gasteiger partial charge in [0.1, 0.15) is 0 Å². The Morgan fingerprint density at radius 1 is 0.970 bits per heavy atom. The molecule has 0 saturated heterocycles. The van der Waals surface area contributed by atoms with E-state index < -0.39 is 18.5 Å². The number of hydrogen-bond acceptors (Lipinski definition) is 7. The van der Waals surface area contributed by atoms with Crippen molar-refractivity contribution >= 4 is 28.6 Å². The highest BCUT2D eigenvalue weighted by molar-refractivity contribution is 6.02. The Balaban J connectivity index is 1.67. The zero-order valence-electron chi connectivity index (χ0n) is 18.3. The van der Waals surface area contributed by atoms with Gasteiger partial charge < -0.3 is 14.8 Å². The minimum atomic E-state index is -0.810. The lowest BCUT2D eigenvalue weighted by Crippen LogP contribution is -2.31. The van der Waals surface area contributed by atoms with E-state index in [0.29, 0.717) is 23.8 Å². The molecule has 9 nitrogen and oxygen atoms in total. The van der Waals surface area contributed by atoms with Crippen LogP contribution in [0.25, 0.3) is 10.8 Å². The van der Waals surface area contributed by atoms with Gasteiger partial charge in [0.2, 0.25) is 0 Å². The van der Waals surface area contributed by atoms with E-state index in [4.69, 9.17) is 9.47 Å². The third-order valence-corrected chi connectivity index (χ3v) is 4.76. The number of esters is 2. The number of benzene rings is 2. The molecular formula is C24H25N3O6. The van der Waals surface area contributed by atoms with Crippen molar-refractivity contribution in [2.45, 2.75) is 26.3 Å². The van der Waals surface area contributed by atoms with Crippen molar-refractivity contribution in [2.24, 2.45) is 0 Å². The SMILES string of the molecule is CCOC(=O)CCCNC(=O)COC(=O)c1nn(Cc2ccccc2)c(=O)c2ccccc12. The molecule has 1 aromatic heterocycles. The maximum absolute atomic E-state index is 12.9. The first-order valence-corrected chi connectivity index (χ1v) is 10.6. The first-order valence-electron chi connectivity index (χ1n) is 10.6. The number of aromatic nitrogens is 2. The number of nitrogens with one attached hydrogen (secondary N) is 1. The van der Waals surface area contributed by atoms with Crippen LogP contribution < -0.4 is 10.9 Å². The van der Waals surface area contributed by atoms with Crippen molar-refractivity contribution in [2.75, 3.05) is 19.8 Å². The maximum Gasteiger partial charge on any atom is 0.359 e. The molecule has 1 N–H and O–H groups in total. The van der Waals surface area contributed by atoms with Crippen LogP contribution in [0.15, 0.2) is 59.4 Å². The molecule has 1 heterocycles. The highest BCUT2D eigenvalue weighted by Crippen LogP contribution is 2.15. The summed E-state index contributed by atoms with van der Waals surface area (Å²) >= 11 is 0. The van der Waals surface area contributed by atoms with Crippen molar-refractivity contribution in [3.05, 3.63) is 76.2 Å². The molecule has 0 aliphatic rings. The van der Waals surface area contributed by atoms with Crippen LogP contribution in [0.3, 0.4) is 0 Å². The molecule has 3 rings (SSSR count). The standard InChI is InChI=1S/C24H25N3O6/c1-2-32-21(29)13-8-14-25-20(28)16-33-24(31)22-18-11-6-7-12-19(18)23(30)27(26-22)15-17-9-4-3-5-10-17/h3-7,9-12H,2,8,13-16H2,1H3,(H,25,28). The predicted molar refractivity (Wildman–Crippen MR) is 121 cm³/mol. The van der Waals surface area contributed by atoms with Gasteiger partial charge in [-0.1, -0.05) is 48.5 Å². The van der Waals surface area contributed by atoms with Gasteiger partial charge in [-0.2, -0.15) is 5.10 Å². The Kier molecular flexibility index (Phi) is 8.29. The van der Waals surface area contributed by atoms with Gasteiger partial charge in [-0.25, -0.2) is 9.48 Å². The first-order chi connectivity index (χ1) is 16.0. The number of carbonyl (C=O) groups is 3. The Morgan fingerprint density at radius 3 is 2.39 bits per heavy atom. The molecule has 0 unspecified atom stereocenters. The first kappa shape index (κ1) is 23.6. The fourth-order valence-corrected chi connectivity index (χ4v) is 3.19. The molecule has 0 aliphatic carbocycles. The number of rotatable bonds is 10. The zero-order chi connectivity index (χ0) is 23.6. The number of carbonyl (C=O) groups excluding carboxylic acids is 3. The second-order valence-corrected chi connectivity index (χ2v) is 7.18.